The minimum absolute atomic E-state index is 0.342. The van der Waals surface area contributed by atoms with Crippen molar-refractivity contribution in [3.63, 3.8) is 0 Å². The first-order valence-corrected chi connectivity index (χ1v) is 4.38. The van der Waals surface area contributed by atoms with Gasteiger partial charge < -0.3 is 10.2 Å². The molecule has 4 nitrogen and oxygen atoms in total. The van der Waals surface area contributed by atoms with E-state index in [1.54, 1.807) is 4.90 Å². The highest BCUT2D eigenvalue weighted by atomic mass is 16.2. The van der Waals surface area contributed by atoms with Crippen molar-refractivity contribution in [3.05, 3.63) is 0 Å². The number of hydrogen-bond acceptors (Lipinski definition) is 2. The molecule has 1 heterocycles. The summed E-state index contributed by atoms with van der Waals surface area (Å²) in [6.07, 6.45) is 3.33. The predicted octanol–water partition coefficient (Wildman–Crippen LogP) is -0.503. The molecule has 1 aliphatic carbocycles. The van der Waals surface area contributed by atoms with Gasteiger partial charge in [0, 0.05) is 19.1 Å². The van der Waals surface area contributed by atoms with Crippen molar-refractivity contribution in [2.24, 2.45) is 0 Å². The van der Waals surface area contributed by atoms with Crippen molar-refractivity contribution in [3.8, 4) is 0 Å². The van der Waals surface area contributed by atoms with E-state index in [0.29, 0.717) is 19.1 Å². The number of nitrogens with one attached hydrogen (secondary N) is 1. The first kappa shape index (κ1) is 7.58. The standard InChI is InChI=1S/C8H12N2O2/c11-7-8(12)10(5-4-9-7)6-2-1-3-6/h6H,1-5H2,(H,9,11). The van der Waals surface area contributed by atoms with Crippen molar-refractivity contribution in [2.45, 2.75) is 25.3 Å². The highest BCUT2D eigenvalue weighted by Gasteiger charge is 2.34. The van der Waals surface area contributed by atoms with Gasteiger partial charge in [0.1, 0.15) is 0 Å². The van der Waals surface area contributed by atoms with Crippen LogP contribution in [0, 0.1) is 0 Å². The van der Waals surface area contributed by atoms with E-state index in [9.17, 15) is 9.59 Å². The Labute approximate surface area is 70.9 Å². The van der Waals surface area contributed by atoms with Gasteiger partial charge in [0.15, 0.2) is 0 Å². The van der Waals surface area contributed by atoms with Gasteiger partial charge in [-0.2, -0.15) is 0 Å². The Morgan fingerprint density at radius 3 is 2.67 bits per heavy atom. The maximum atomic E-state index is 11.3. The Morgan fingerprint density at radius 2 is 2.08 bits per heavy atom. The van der Waals surface area contributed by atoms with E-state index >= 15 is 0 Å². The lowest BCUT2D eigenvalue weighted by molar-refractivity contribution is -0.151. The van der Waals surface area contributed by atoms with Gasteiger partial charge in [-0.15, -0.1) is 0 Å². The number of rotatable bonds is 1. The molecule has 1 saturated carbocycles. The molecule has 2 fully saturated rings. The topological polar surface area (TPSA) is 49.4 Å². The fourth-order valence-electron chi connectivity index (χ4n) is 1.64. The van der Waals surface area contributed by atoms with Crippen LogP contribution in [0.4, 0.5) is 0 Å². The fraction of sp³-hybridized carbons (Fsp3) is 0.750. The number of piperazine rings is 1. The van der Waals surface area contributed by atoms with Crippen LogP contribution in [0.5, 0.6) is 0 Å². The first-order chi connectivity index (χ1) is 5.79. The molecular weight excluding hydrogens is 156 g/mol. The average molecular weight is 168 g/mol. The Balaban J connectivity index is 2.03. The van der Waals surface area contributed by atoms with Gasteiger partial charge in [-0.3, -0.25) is 9.59 Å². The van der Waals surface area contributed by atoms with Gasteiger partial charge in [-0.1, -0.05) is 0 Å². The lowest BCUT2D eigenvalue weighted by Crippen LogP contribution is -2.57. The summed E-state index contributed by atoms with van der Waals surface area (Å²) < 4.78 is 0. The van der Waals surface area contributed by atoms with E-state index in [2.05, 4.69) is 5.32 Å². The Kier molecular flexibility index (Phi) is 1.75. The SMILES string of the molecule is O=C1NCCN(C2CCC2)C1=O. The molecule has 0 aromatic heterocycles. The van der Waals surface area contributed by atoms with E-state index in [1.807, 2.05) is 0 Å². The molecule has 1 aliphatic heterocycles. The minimum Gasteiger partial charge on any atom is -0.346 e. The molecule has 0 spiro atoms. The Hall–Kier alpha value is -1.06. The number of nitrogens with zero attached hydrogens (tertiary/aromatic N) is 1. The second-order valence-corrected chi connectivity index (χ2v) is 3.34. The molecule has 1 saturated heterocycles. The van der Waals surface area contributed by atoms with Crippen molar-refractivity contribution >= 4 is 11.8 Å². The summed E-state index contributed by atoms with van der Waals surface area (Å²) in [5, 5.41) is 2.53. The quantitative estimate of drug-likeness (QED) is 0.536. The second-order valence-electron chi connectivity index (χ2n) is 3.34. The number of carbonyl (C=O) groups is 2. The molecule has 0 bridgehead atoms. The second kappa shape index (κ2) is 2.77. The molecule has 2 aliphatic rings. The van der Waals surface area contributed by atoms with Crippen LogP contribution in [0.3, 0.4) is 0 Å². The average Bonchev–Trinajstić information content (AvgIpc) is 1.95. The van der Waals surface area contributed by atoms with Gasteiger partial charge in [-0.25, -0.2) is 0 Å². The predicted molar refractivity (Wildman–Crippen MR) is 42.4 cm³/mol. The molecule has 0 unspecified atom stereocenters. The van der Waals surface area contributed by atoms with Crippen LogP contribution < -0.4 is 5.32 Å². The van der Waals surface area contributed by atoms with Crippen LogP contribution in [-0.4, -0.2) is 35.8 Å². The molecular formula is C8H12N2O2. The zero-order chi connectivity index (χ0) is 8.55. The monoisotopic (exact) mass is 168 g/mol. The number of carbonyl (C=O) groups excluding carboxylic acids is 2. The maximum Gasteiger partial charge on any atom is 0.312 e. The van der Waals surface area contributed by atoms with Crippen LogP contribution in [0.2, 0.25) is 0 Å². The van der Waals surface area contributed by atoms with Crippen LogP contribution >= 0.6 is 0 Å². The van der Waals surface area contributed by atoms with Gasteiger partial charge >= 0.3 is 11.8 Å². The molecule has 0 aromatic rings. The van der Waals surface area contributed by atoms with Crippen LogP contribution in [-0.2, 0) is 9.59 Å². The van der Waals surface area contributed by atoms with E-state index in [0.717, 1.165) is 12.8 Å². The largest absolute Gasteiger partial charge is 0.346 e. The summed E-state index contributed by atoms with van der Waals surface area (Å²) in [6, 6.07) is 0.351. The van der Waals surface area contributed by atoms with Crippen molar-refractivity contribution < 1.29 is 9.59 Å². The molecule has 0 radical (unpaired) electrons. The summed E-state index contributed by atoms with van der Waals surface area (Å²) in [5.74, 6) is -0.779. The van der Waals surface area contributed by atoms with E-state index in [4.69, 9.17) is 0 Å². The Bertz CT molecular complexity index is 223. The molecule has 0 aromatic carbocycles. The molecule has 4 heteroatoms. The summed E-state index contributed by atoms with van der Waals surface area (Å²) in [4.78, 5) is 23.9. The van der Waals surface area contributed by atoms with E-state index in [-0.39, 0.29) is 5.91 Å². The zero-order valence-electron chi connectivity index (χ0n) is 6.88. The zero-order valence-corrected chi connectivity index (χ0v) is 6.88. The lowest BCUT2D eigenvalue weighted by atomic mass is 9.91. The Morgan fingerprint density at radius 1 is 1.33 bits per heavy atom. The first-order valence-electron chi connectivity index (χ1n) is 4.38. The third-order valence-corrected chi connectivity index (χ3v) is 2.61. The maximum absolute atomic E-state index is 11.3. The van der Waals surface area contributed by atoms with Gasteiger partial charge in [0.05, 0.1) is 0 Å². The fourth-order valence-corrected chi connectivity index (χ4v) is 1.64. The van der Waals surface area contributed by atoms with Crippen LogP contribution in [0.1, 0.15) is 19.3 Å². The van der Waals surface area contributed by atoms with Crippen molar-refractivity contribution in [1.82, 2.24) is 10.2 Å². The number of hydrogen-bond donors (Lipinski definition) is 1. The van der Waals surface area contributed by atoms with Gasteiger partial charge in [0.25, 0.3) is 0 Å². The number of amides is 2. The van der Waals surface area contributed by atoms with Crippen molar-refractivity contribution in [2.75, 3.05) is 13.1 Å². The smallest absolute Gasteiger partial charge is 0.312 e. The molecule has 66 valence electrons. The van der Waals surface area contributed by atoms with E-state index < -0.39 is 5.91 Å². The molecule has 2 amide bonds. The van der Waals surface area contributed by atoms with Gasteiger partial charge in [0.2, 0.25) is 0 Å². The third kappa shape index (κ3) is 1.07. The normalized spacial score (nSPS) is 25.2. The summed E-state index contributed by atoms with van der Waals surface area (Å²) in [7, 11) is 0. The van der Waals surface area contributed by atoms with Gasteiger partial charge in [-0.05, 0) is 19.3 Å². The van der Waals surface area contributed by atoms with E-state index in [1.165, 1.54) is 6.42 Å². The minimum atomic E-state index is -0.437. The highest BCUT2D eigenvalue weighted by Crippen LogP contribution is 2.25. The van der Waals surface area contributed by atoms with Crippen molar-refractivity contribution in [1.29, 1.82) is 0 Å². The summed E-state index contributed by atoms with van der Waals surface area (Å²) in [6.45, 7) is 1.30. The summed E-state index contributed by atoms with van der Waals surface area (Å²) in [5.41, 5.74) is 0. The lowest BCUT2D eigenvalue weighted by Gasteiger charge is -2.39. The van der Waals surface area contributed by atoms with Crippen LogP contribution in [0.25, 0.3) is 0 Å². The summed E-state index contributed by atoms with van der Waals surface area (Å²) >= 11 is 0. The third-order valence-electron chi connectivity index (χ3n) is 2.61. The van der Waals surface area contributed by atoms with Crippen LogP contribution in [0.15, 0.2) is 0 Å². The molecule has 12 heavy (non-hydrogen) atoms. The molecule has 1 N–H and O–H groups in total. The molecule has 0 atom stereocenters. The molecule has 2 rings (SSSR count). The highest BCUT2D eigenvalue weighted by molar-refractivity contribution is 6.35.